The molecule has 2 saturated heterocycles. The van der Waals surface area contributed by atoms with E-state index >= 15 is 0 Å². The number of rotatable bonds is 5. The molecule has 3 N–H and O–H groups in total. The Labute approximate surface area is 146 Å². The number of halogens is 2. The Morgan fingerprint density at radius 3 is 2.68 bits per heavy atom. The number of hydrogen-bond donors (Lipinski definition) is 3. The van der Waals surface area contributed by atoms with Gasteiger partial charge in [0.15, 0.2) is 0 Å². The third-order valence-corrected chi connectivity index (χ3v) is 5.79. The summed E-state index contributed by atoms with van der Waals surface area (Å²) in [5.74, 6) is 0.528. The second-order valence-corrected chi connectivity index (χ2v) is 7.89. The number of piperidine rings is 1. The molecule has 0 spiro atoms. The molecule has 4 nitrogen and oxygen atoms in total. The van der Waals surface area contributed by atoms with E-state index in [0.717, 1.165) is 17.7 Å². The number of hydrogen-bond acceptors (Lipinski definition) is 4. The van der Waals surface area contributed by atoms with Gasteiger partial charge >= 0.3 is 0 Å². The topological polar surface area (TPSA) is 61.4 Å². The molecule has 3 rings (SSSR count). The van der Waals surface area contributed by atoms with Crippen molar-refractivity contribution in [1.82, 2.24) is 10.6 Å². The molecule has 0 aromatic carbocycles. The summed E-state index contributed by atoms with van der Waals surface area (Å²) in [6.07, 6.45) is 4.61. The Balaban J connectivity index is 0.00000176. The predicted octanol–water partition coefficient (Wildman–Crippen LogP) is 2.89. The van der Waals surface area contributed by atoms with E-state index in [1.165, 1.54) is 24.2 Å². The van der Waals surface area contributed by atoms with Crippen molar-refractivity contribution in [3.8, 4) is 0 Å². The van der Waals surface area contributed by atoms with Crippen molar-refractivity contribution >= 4 is 41.3 Å². The average Bonchev–Trinajstić information content (AvgIpc) is 3.02. The molecule has 2 aliphatic heterocycles. The van der Waals surface area contributed by atoms with Crippen LogP contribution in [0.4, 0.5) is 0 Å². The van der Waals surface area contributed by atoms with Crippen LogP contribution in [0.2, 0.25) is 4.34 Å². The Kier molecular flexibility index (Phi) is 6.53. The highest BCUT2D eigenvalue weighted by Gasteiger charge is 2.34. The zero-order valence-corrected chi connectivity index (χ0v) is 14.6. The Hall–Kier alpha value is -0.330. The van der Waals surface area contributed by atoms with Crippen molar-refractivity contribution in [2.24, 2.45) is 5.92 Å². The van der Waals surface area contributed by atoms with E-state index in [0.29, 0.717) is 28.8 Å². The van der Waals surface area contributed by atoms with Crippen LogP contribution in [0.25, 0.3) is 0 Å². The van der Waals surface area contributed by atoms with Crippen LogP contribution >= 0.6 is 35.3 Å². The van der Waals surface area contributed by atoms with Gasteiger partial charge in [-0.25, -0.2) is 0 Å². The van der Waals surface area contributed by atoms with Gasteiger partial charge in [0, 0.05) is 29.9 Å². The minimum absolute atomic E-state index is 0. The monoisotopic (exact) mass is 364 g/mol. The van der Waals surface area contributed by atoms with Gasteiger partial charge in [-0.05, 0) is 43.7 Å². The fourth-order valence-electron chi connectivity index (χ4n) is 3.49. The van der Waals surface area contributed by atoms with Crippen LogP contribution < -0.4 is 10.6 Å². The lowest BCUT2D eigenvalue weighted by Crippen LogP contribution is -2.40. The van der Waals surface area contributed by atoms with Gasteiger partial charge < -0.3 is 15.7 Å². The molecule has 1 aromatic rings. The van der Waals surface area contributed by atoms with Crippen LogP contribution in [0, 0.1) is 5.92 Å². The normalized spacial score (nSPS) is 28.0. The zero-order valence-electron chi connectivity index (χ0n) is 12.3. The lowest BCUT2D eigenvalue weighted by atomic mass is 9.89. The first-order valence-corrected chi connectivity index (χ1v) is 8.75. The van der Waals surface area contributed by atoms with Crippen LogP contribution in [0.5, 0.6) is 0 Å². The molecule has 124 valence electrons. The van der Waals surface area contributed by atoms with Crippen LogP contribution in [0.15, 0.2) is 12.1 Å². The van der Waals surface area contributed by atoms with E-state index in [9.17, 15) is 9.90 Å². The number of thiophene rings is 1. The molecule has 7 heteroatoms. The van der Waals surface area contributed by atoms with Crippen LogP contribution in [-0.4, -0.2) is 29.6 Å². The van der Waals surface area contributed by atoms with E-state index < -0.39 is 6.10 Å². The maximum Gasteiger partial charge on any atom is 0.220 e. The van der Waals surface area contributed by atoms with Gasteiger partial charge in [-0.2, -0.15) is 0 Å². The highest BCUT2D eigenvalue weighted by molar-refractivity contribution is 7.16. The van der Waals surface area contributed by atoms with Crippen molar-refractivity contribution in [1.29, 1.82) is 0 Å². The molecule has 3 unspecified atom stereocenters. The molecule has 0 radical (unpaired) electrons. The number of amides is 1. The fraction of sp³-hybridized carbons (Fsp3) is 0.667. The van der Waals surface area contributed by atoms with Crippen molar-refractivity contribution in [2.45, 2.75) is 50.3 Å². The van der Waals surface area contributed by atoms with E-state index in [1.807, 2.05) is 0 Å². The second kappa shape index (κ2) is 7.97. The van der Waals surface area contributed by atoms with Gasteiger partial charge in [0.05, 0.1) is 4.34 Å². The molecule has 0 saturated carbocycles. The summed E-state index contributed by atoms with van der Waals surface area (Å²) in [6.45, 7) is 0.257. The molecule has 1 amide bonds. The number of carbonyl (C=O) groups excluding carboxylic acids is 1. The van der Waals surface area contributed by atoms with Crippen molar-refractivity contribution in [2.75, 3.05) is 6.54 Å². The maximum absolute atomic E-state index is 12.0. The summed E-state index contributed by atoms with van der Waals surface area (Å²) in [7, 11) is 0. The summed E-state index contributed by atoms with van der Waals surface area (Å²) in [4.78, 5) is 12.8. The fourth-order valence-corrected chi connectivity index (χ4v) is 4.54. The third kappa shape index (κ3) is 4.59. The van der Waals surface area contributed by atoms with Gasteiger partial charge in [0.2, 0.25) is 5.91 Å². The molecule has 2 bridgehead atoms. The van der Waals surface area contributed by atoms with Gasteiger partial charge in [-0.3, -0.25) is 4.79 Å². The summed E-state index contributed by atoms with van der Waals surface area (Å²) >= 11 is 7.19. The minimum atomic E-state index is -0.671. The van der Waals surface area contributed by atoms with E-state index in [-0.39, 0.29) is 24.9 Å². The molecule has 3 heterocycles. The van der Waals surface area contributed by atoms with Crippen LogP contribution in [0.3, 0.4) is 0 Å². The minimum Gasteiger partial charge on any atom is -0.386 e. The molecule has 3 atom stereocenters. The van der Waals surface area contributed by atoms with E-state index in [1.54, 1.807) is 12.1 Å². The first-order chi connectivity index (χ1) is 10.1. The predicted molar refractivity (Wildman–Crippen MR) is 91.8 cm³/mol. The van der Waals surface area contributed by atoms with E-state index in [4.69, 9.17) is 11.6 Å². The zero-order chi connectivity index (χ0) is 14.8. The number of aliphatic hydroxyl groups excluding tert-OH is 1. The number of aliphatic hydroxyl groups is 1. The number of fused-ring (bicyclic) bond motifs is 2. The largest absolute Gasteiger partial charge is 0.386 e. The maximum atomic E-state index is 12.0. The lowest BCUT2D eigenvalue weighted by molar-refractivity contribution is -0.122. The summed E-state index contributed by atoms with van der Waals surface area (Å²) in [5, 5.41) is 16.4. The quantitative estimate of drug-likeness (QED) is 0.752. The SMILES string of the molecule is Cl.O=C(CC1CC2CCC(C1)N2)NCC(O)c1ccc(Cl)s1. The Bertz CT molecular complexity index is 499. The smallest absolute Gasteiger partial charge is 0.220 e. The number of nitrogens with one attached hydrogen (secondary N) is 2. The second-order valence-electron chi connectivity index (χ2n) is 6.14. The van der Waals surface area contributed by atoms with Gasteiger partial charge in [0.25, 0.3) is 0 Å². The Morgan fingerprint density at radius 1 is 1.41 bits per heavy atom. The summed E-state index contributed by atoms with van der Waals surface area (Å²) < 4.78 is 0.653. The van der Waals surface area contributed by atoms with E-state index in [2.05, 4.69) is 10.6 Å². The lowest BCUT2D eigenvalue weighted by Gasteiger charge is -2.28. The van der Waals surface area contributed by atoms with Gasteiger partial charge in [-0.15, -0.1) is 23.7 Å². The standard InChI is InChI=1S/C15H21ClN2O2S.ClH/c16-14-4-3-13(21-14)12(19)8-17-15(20)7-9-5-10-1-2-11(6-9)18-10;/h3-4,9-12,18-19H,1-2,5-8H2,(H,17,20);1H. The van der Waals surface area contributed by atoms with Crippen LogP contribution in [0.1, 0.15) is 43.1 Å². The molecular weight excluding hydrogens is 343 g/mol. The summed E-state index contributed by atoms with van der Waals surface area (Å²) in [5.41, 5.74) is 0. The molecule has 2 aliphatic rings. The highest BCUT2D eigenvalue weighted by Crippen LogP contribution is 2.32. The first-order valence-electron chi connectivity index (χ1n) is 7.56. The first kappa shape index (κ1) is 18.0. The summed E-state index contributed by atoms with van der Waals surface area (Å²) in [6, 6.07) is 4.78. The molecular formula is C15H22Cl2N2O2S. The number of carbonyl (C=O) groups is 1. The molecule has 22 heavy (non-hydrogen) atoms. The van der Waals surface area contributed by atoms with Gasteiger partial charge in [-0.1, -0.05) is 11.6 Å². The highest BCUT2D eigenvalue weighted by atomic mass is 35.5. The molecule has 2 fully saturated rings. The average molecular weight is 365 g/mol. The van der Waals surface area contributed by atoms with Crippen LogP contribution in [-0.2, 0) is 4.79 Å². The van der Waals surface area contributed by atoms with Crippen molar-refractivity contribution < 1.29 is 9.90 Å². The van der Waals surface area contributed by atoms with Crippen molar-refractivity contribution in [3.63, 3.8) is 0 Å². The third-order valence-electron chi connectivity index (χ3n) is 4.46. The van der Waals surface area contributed by atoms with Gasteiger partial charge in [0.1, 0.15) is 6.10 Å². The van der Waals surface area contributed by atoms with Crippen molar-refractivity contribution in [3.05, 3.63) is 21.3 Å². The molecule has 1 aromatic heterocycles. The molecule has 0 aliphatic carbocycles. The Morgan fingerprint density at radius 2 is 2.09 bits per heavy atom.